The minimum Gasteiger partial charge on any atom is -0.349 e. The molecule has 0 saturated heterocycles. The summed E-state index contributed by atoms with van der Waals surface area (Å²) in [5.41, 5.74) is 0.660. The minimum absolute atomic E-state index is 0.0449. The fraction of sp³-hybridized carbons (Fsp3) is 0.250. The van der Waals surface area contributed by atoms with Crippen molar-refractivity contribution in [2.45, 2.75) is 6.04 Å². The molecule has 1 atom stereocenters. The van der Waals surface area contributed by atoms with Crippen molar-refractivity contribution in [1.82, 2.24) is 20.4 Å². The molecule has 3 rings (SSSR count). The summed E-state index contributed by atoms with van der Waals surface area (Å²) in [6, 6.07) is 8.32. The van der Waals surface area contributed by atoms with Crippen LogP contribution in [0.15, 0.2) is 35.7 Å². The number of likely N-dealkylation sites (N-methyl/N-ethyl adjacent to an activating group) is 1. The highest BCUT2D eigenvalue weighted by Crippen LogP contribution is 2.24. The minimum atomic E-state index is -0.493. The summed E-state index contributed by atoms with van der Waals surface area (Å²) >= 11 is 1.63. The first-order valence-corrected chi connectivity index (χ1v) is 8.46. The molecule has 0 bridgehead atoms. The van der Waals surface area contributed by atoms with E-state index < -0.39 is 4.92 Å². The Labute approximate surface area is 147 Å². The molecule has 0 aliphatic carbocycles. The van der Waals surface area contributed by atoms with Gasteiger partial charge < -0.3 is 10.2 Å². The Morgan fingerprint density at radius 3 is 2.88 bits per heavy atom. The average Bonchev–Trinajstić information content (AvgIpc) is 3.23. The number of aromatic amines is 1. The number of carbonyl (C=O) groups is 1. The first kappa shape index (κ1) is 17.1. The molecule has 25 heavy (non-hydrogen) atoms. The standard InChI is InChI=1S/C16H17N5O3S/c1-20(2)13(14-4-3-7-25-14)9-17-16(22)15-11-8-10(21(23)24)5-6-12(11)18-19-15/h3-8,13H,9H2,1-2H3,(H,17,22)(H,18,19). The lowest BCUT2D eigenvalue weighted by Gasteiger charge is -2.23. The molecule has 0 radical (unpaired) electrons. The fourth-order valence-corrected chi connectivity index (χ4v) is 3.50. The fourth-order valence-electron chi connectivity index (χ4n) is 2.58. The zero-order valence-corrected chi connectivity index (χ0v) is 14.5. The van der Waals surface area contributed by atoms with Gasteiger partial charge in [0.15, 0.2) is 5.69 Å². The molecule has 0 spiro atoms. The van der Waals surface area contributed by atoms with E-state index in [1.165, 1.54) is 12.1 Å². The van der Waals surface area contributed by atoms with Crippen LogP contribution in [0, 0.1) is 10.1 Å². The highest BCUT2D eigenvalue weighted by Gasteiger charge is 2.20. The van der Waals surface area contributed by atoms with E-state index in [1.807, 2.05) is 36.5 Å². The molecule has 0 aliphatic heterocycles. The number of aromatic nitrogens is 2. The Balaban J connectivity index is 1.80. The number of fused-ring (bicyclic) bond motifs is 1. The third kappa shape index (κ3) is 3.52. The summed E-state index contributed by atoms with van der Waals surface area (Å²) in [4.78, 5) is 26.1. The van der Waals surface area contributed by atoms with Gasteiger partial charge in [0.05, 0.1) is 16.5 Å². The van der Waals surface area contributed by atoms with Crippen LogP contribution < -0.4 is 5.32 Å². The van der Waals surface area contributed by atoms with E-state index in [4.69, 9.17) is 0 Å². The molecule has 0 fully saturated rings. The summed E-state index contributed by atoms with van der Waals surface area (Å²) < 4.78 is 0. The zero-order chi connectivity index (χ0) is 18.0. The van der Waals surface area contributed by atoms with E-state index in [0.717, 1.165) is 4.88 Å². The predicted octanol–water partition coefficient (Wildman–Crippen LogP) is 2.57. The zero-order valence-electron chi connectivity index (χ0n) is 13.7. The number of nitrogens with one attached hydrogen (secondary N) is 2. The lowest BCUT2D eigenvalue weighted by molar-refractivity contribution is -0.384. The second kappa shape index (κ2) is 6.99. The number of benzene rings is 1. The predicted molar refractivity (Wildman–Crippen MR) is 95.8 cm³/mol. The van der Waals surface area contributed by atoms with Crippen LogP contribution in [0.1, 0.15) is 21.4 Å². The van der Waals surface area contributed by atoms with E-state index in [2.05, 4.69) is 15.5 Å². The first-order valence-electron chi connectivity index (χ1n) is 7.58. The molecule has 9 heteroatoms. The van der Waals surface area contributed by atoms with E-state index in [1.54, 1.807) is 17.4 Å². The van der Waals surface area contributed by atoms with Gasteiger partial charge in [-0.1, -0.05) is 6.07 Å². The molecule has 2 N–H and O–H groups in total. The Bertz CT molecular complexity index is 904. The number of hydrogen-bond donors (Lipinski definition) is 2. The maximum Gasteiger partial charge on any atom is 0.272 e. The Morgan fingerprint density at radius 2 is 2.24 bits per heavy atom. The largest absolute Gasteiger partial charge is 0.349 e. The molecule has 130 valence electrons. The van der Waals surface area contributed by atoms with Crippen LogP contribution in [0.25, 0.3) is 10.9 Å². The second-order valence-corrected chi connectivity index (χ2v) is 6.74. The Hall–Kier alpha value is -2.78. The second-order valence-electron chi connectivity index (χ2n) is 5.76. The monoisotopic (exact) mass is 359 g/mol. The van der Waals surface area contributed by atoms with Crippen molar-refractivity contribution in [2.24, 2.45) is 0 Å². The molecule has 1 aromatic carbocycles. The summed E-state index contributed by atoms with van der Waals surface area (Å²) in [5, 5.41) is 23.0. The number of thiophene rings is 1. The van der Waals surface area contributed by atoms with Crippen molar-refractivity contribution in [3.8, 4) is 0 Å². The highest BCUT2D eigenvalue weighted by atomic mass is 32.1. The molecular weight excluding hydrogens is 342 g/mol. The van der Waals surface area contributed by atoms with Crippen molar-refractivity contribution < 1.29 is 9.72 Å². The Morgan fingerprint density at radius 1 is 1.44 bits per heavy atom. The van der Waals surface area contributed by atoms with Crippen LogP contribution in [-0.4, -0.2) is 46.6 Å². The molecule has 2 aromatic heterocycles. The number of nitro benzene ring substituents is 1. The lowest BCUT2D eigenvalue weighted by Crippen LogP contribution is -2.34. The van der Waals surface area contributed by atoms with Gasteiger partial charge in [-0.15, -0.1) is 11.3 Å². The van der Waals surface area contributed by atoms with Crippen LogP contribution in [0.5, 0.6) is 0 Å². The topological polar surface area (TPSA) is 104 Å². The van der Waals surface area contributed by atoms with Gasteiger partial charge in [0.25, 0.3) is 11.6 Å². The molecule has 2 heterocycles. The number of rotatable bonds is 6. The van der Waals surface area contributed by atoms with Gasteiger partial charge in [0.2, 0.25) is 0 Å². The lowest BCUT2D eigenvalue weighted by atomic mass is 10.1. The van der Waals surface area contributed by atoms with Gasteiger partial charge >= 0.3 is 0 Å². The summed E-state index contributed by atoms with van der Waals surface area (Å²) in [6.07, 6.45) is 0. The SMILES string of the molecule is CN(C)C(CNC(=O)c1n[nH]c2ccc([N+](=O)[O-])cc12)c1cccs1. The quantitative estimate of drug-likeness (QED) is 0.520. The van der Waals surface area contributed by atoms with E-state index in [9.17, 15) is 14.9 Å². The van der Waals surface area contributed by atoms with Crippen LogP contribution in [0.4, 0.5) is 5.69 Å². The van der Waals surface area contributed by atoms with Crippen molar-refractivity contribution in [1.29, 1.82) is 0 Å². The summed E-state index contributed by atoms with van der Waals surface area (Å²) in [7, 11) is 3.90. The molecule has 1 amide bonds. The van der Waals surface area contributed by atoms with Crippen molar-refractivity contribution in [2.75, 3.05) is 20.6 Å². The van der Waals surface area contributed by atoms with Gasteiger partial charge in [0.1, 0.15) is 0 Å². The molecular formula is C16H17N5O3S. The number of H-pyrrole nitrogens is 1. The molecule has 1 unspecified atom stereocenters. The normalized spacial score (nSPS) is 12.4. The summed E-state index contributed by atoms with van der Waals surface area (Å²) in [6.45, 7) is 0.412. The number of nitrogens with zero attached hydrogens (tertiary/aromatic N) is 3. The molecule has 0 aliphatic rings. The van der Waals surface area contributed by atoms with Crippen LogP contribution >= 0.6 is 11.3 Å². The smallest absolute Gasteiger partial charge is 0.272 e. The maximum atomic E-state index is 12.5. The van der Waals surface area contributed by atoms with Crippen molar-refractivity contribution >= 4 is 33.8 Å². The number of non-ortho nitro benzene ring substituents is 1. The van der Waals surface area contributed by atoms with Crippen LogP contribution in [0.3, 0.4) is 0 Å². The van der Waals surface area contributed by atoms with E-state index in [-0.39, 0.29) is 23.3 Å². The number of nitro groups is 1. The number of carbonyl (C=O) groups excluding carboxylic acids is 1. The first-order chi connectivity index (χ1) is 12.0. The van der Waals surface area contributed by atoms with Crippen molar-refractivity contribution in [3.63, 3.8) is 0 Å². The third-order valence-electron chi connectivity index (χ3n) is 3.92. The van der Waals surface area contributed by atoms with E-state index in [0.29, 0.717) is 17.4 Å². The van der Waals surface area contributed by atoms with Gasteiger partial charge in [-0.25, -0.2) is 0 Å². The Kier molecular flexibility index (Phi) is 4.77. The molecule has 3 aromatic rings. The van der Waals surface area contributed by atoms with E-state index >= 15 is 0 Å². The third-order valence-corrected chi connectivity index (χ3v) is 4.90. The van der Waals surface area contributed by atoms with Crippen molar-refractivity contribution in [3.05, 3.63) is 56.4 Å². The molecule has 8 nitrogen and oxygen atoms in total. The number of amides is 1. The number of hydrogen-bond acceptors (Lipinski definition) is 6. The van der Waals surface area contributed by atoms with Gasteiger partial charge in [-0.05, 0) is 31.6 Å². The van der Waals surface area contributed by atoms with Gasteiger partial charge in [-0.3, -0.25) is 20.0 Å². The maximum absolute atomic E-state index is 12.5. The van der Waals surface area contributed by atoms with Crippen LogP contribution in [-0.2, 0) is 0 Å². The average molecular weight is 359 g/mol. The molecule has 0 saturated carbocycles. The summed E-state index contributed by atoms with van der Waals surface area (Å²) in [5.74, 6) is -0.366. The van der Waals surface area contributed by atoms with Gasteiger partial charge in [-0.2, -0.15) is 5.10 Å². The van der Waals surface area contributed by atoms with Crippen LogP contribution in [0.2, 0.25) is 0 Å². The van der Waals surface area contributed by atoms with Gasteiger partial charge in [0, 0.05) is 28.9 Å². The highest BCUT2D eigenvalue weighted by molar-refractivity contribution is 7.10.